The fourth-order valence-corrected chi connectivity index (χ4v) is 4.79. The van der Waals surface area contributed by atoms with Gasteiger partial charge in [0.25, 0.3) is 11.4 Å². The number of hydrogen-bond donors (Lipinski definition) is 0. The Morgan fingerprint density at radius 3 is 2.50 bits per heavy atom. The highest BCUT2D eigenvalue weighted by Crippen LogP contribution is 2.51. The molecule has 3 aliphatic rings. The van der Waals surface area contributed by atoms with Gasteiger partial charge >= 0.3 is 0 Å². The van der Waals surface area contributed by atoms with Gasteiger partial charge in [-0.2, -0.15) is 0 Å². The van der Waals surface area contributed by atoms with Gasteiger partial charge in [-0.05, 0) is 44.1 Å². The quantitative estimate of drug-likeness (QED) is 0.469. The van der Waals surface area contributed by atoms with Crippen LogP contribution in [-0.2, 0) is 0 Å². The lowest BCUT2D eigenvalue weighted by Crippen LogP contribution is -2.41. The first-order chi connectivity index (χ1) is 13.3. The summed E-state index contributed by atoms with van der Waals surface area (Å²) in [6.45, 7) is 10.1. The molecule has 8 heteroatoms. The fourth-order valence-electron chi connectivity index (χ4n) is 4.79. The van der Waals surface area contributed by atoms with E-state index in [4.69, 9.17) is 0 Å². The summed E-state index contributed by atoms with van der Waals surface area (Å²) in [7, 11) is 0. The second-order valence-corrected chi connectivity index (χ2v) is 7.77. The zero-order chi connectivity index (χ0) is 20.5. The standard InChI is InChI=1S/C20H28N4O4/c1-4-21(5-2)11-6-12-22-18-9-7-15(23(25)26)13-17(18)20(3)14-16(24(27)28)8-10-19(20)22/h7-8,10,13-14,18-19H,4-6,9,11-12H2,1-3H3. The van der Waals surface area contributed by atoms with Gasteiger partial charge in [0.15, 0.2) is 0 Å². The SMILES string of the molecule is CCN(CC)CCCN1C2CC=C([N+](=O)[O-])C=C2C2(C)C=C([N+](=O)[O-])C=CC12. The third-order valence-corrected chi connectivity index (χ3v) is 6.31. The van der Waals surface area contributed by atoms with Crippen LogP contribution in [0, 0.1) is 25.6 Å². The van der Waals surface area contributed by atoms with E-state index in [0.717, 1.165) is 38.2 Å². The van der Waals surface area contributed by atoms with Gasteiger partial charge in [0, 0.05) is 42.3 Å². The number of likely N-dealkylation sites (tertiary alicyclic amines) is 1. The van der Waals surface area contributed by atoms with Gasteiger partial charge < -0.3 is 4.90 Å². The van der Waals surface area contributed by atoms with E-state index in [-0.39, 0.29) is 33.3 Å². The van der Waals surface area contributed by atoms with E-state index >= 15 is 0 Å². The number of hydrogen-bond acceptors (Lipinski definition) is 6. The molecule has 0 amide bonds. The summed E-state index contributed by atoms with van der Waals surface area (Å²) in [5.41, 5.74) is 0.452. The Morgan fingerprint density at radius 1 is 1.21 bits per heavy atom. The van der Waals surface area contributed by atoms with Crippen LogP contribution in [0.3, 0.4) is 0 Å². The van der Waals surface area contributed by atoms with Gasteiger partial charge in [-0.25, -0.2) is 0 Å². The number of fused-ring (bicyclic) bond motifs is 3. The molecule has 1 heterocycles. The molecule has 1 aliphatic heterocycles. The van der Waals surface area contributed by atoms with Gasteiger partial charge in [0.1, 0.15) is 0 Å². The molecule has 152 valence electrons. The molecule has 0 saturated carbocycles. The highest BCUT2D eigenvalue weighted by atomic mass is 16.6. The van der Waals surface area contributed by atoms with Crippen molar-refractivity contribution in [3.8, 4) is 0 Å². The Bertz CT molecular complexity index is 781. The van der Waals surface area contributed by atoms with Crippen molar-refractivity contribution in [2.45, 2.75) is 45.7 Å². The molecule has 28 heavy (non-hydrogen) atoms. The van der Waals surface area contributed by atoms with Crippen LogP contribution in [0.2, 0.25) is 0 Å². The molecule has 0 aromatic carbocycles. The van der Waals surface area contributed by atoms with Crippen LogP contribution in [-0.4, -0.2) is 57.9 Å². The van der Waals surface area contributed by atoms with E-state index in [0.29, 0.717) is 6.42 Å². The molecule has 0 N–H and O–H groups in total. The van der Waals surface area contributed by atoms with Crippen LogP contribution in [0.5, 0.6) is 0 Å². The van der Waals surface area contributed by atoms with Crippen LogP contribution in [0.4, 0.5) is 0 Å². The summed E-state index contributed by atoms with van der Waals surface area (Å²) >= 11 is 0. The summed E-state index contributed by atoms with van der Waals surface area (Å²) in [6.07, 6.45) is 10.0. The van der Waals surface area contributed by atoms with Gasteiger partial charge in [-0.3, -0.25) is 25.1 Å². The van der Waals surface area contributed by atoms with E-state index in [9.17, 15) is 20.2 Å². The van der Waals surface area contributed by atoms with Crippen molar-refractivity contribution in [3.05, 3.63) is 67.6 Å². The van der Waals surface area contributed by atoms with E-state index in [1.807, 2.05) is 13.0 Å². The normalized spacial score (nSPS) is 29.1. The molecule has 0 radical (unpaired) electrons. The maximum Gasteiger partial charge on any atom is 0.266 e. The van der Waals surface area contributed by atoms with Crippen LogP contribution >= 0.6 is 0 Å². The zero-order valence-corrected chi connectivity index (χ0v) is 16.7. The van der Waals surface area contributed by atoms with Crippen molar-refractivity contribution in [1.29, 1.82) is 0 Å². The highest BCUT2D eigenvalue weighted by molar-refractivity contribution is 5.46. The number of nitrogens with zero attached hydrogens (tertiary/aromatic N) is 4. The second kappa shape index (κ2) is 7.97. The first-order valence-electron chi connectivity index (χ1n) is 9.92. The molecule has 3 rings (SSSR count). The first-order valence-corrected chi connectivity index (χ1v) is 9.92. The van der Waals surface area contributed by atoms with E-state index in [1.54, 1.807) is 24.3 Å². The summed E-state index contributed by atoms with van der Waals surface area (Å²) in [5, 5.41) is 22.7. The molecule has 0 aromatic rings. The highest BCUT2D eigenvalue weighted by Gasteiger charge is 2.53. The lowest BCUT2D eigenvalue weighted by Gasteiger charge is -2.33. The minimum Gasteiger partial charge on any atom is -0.304 e. The molecule has 2 aliphatic carbocycles. The molecule has 0 bridgehead atoms. The van der Waals surface area contributed by atoms with Crippen molar-refractivity contribution in [1.82, 2.24) is 9.80 Å². The van der Waals surface area contributed by atoms with Crippen LogP contribution < -0.4 is 0 Å². The fraction of sp³-hybridized carbons (Fsp3) is 0.600. The Labute approximate surface area is 165 Å². The topological polar surface area (TPSA) is 92.8 Å². The average molecular weight is 388 g/mol. The average Bonchev–Trinajstić information content (AvgIpc) is 2.92. The number of nitro groups is 2. The van der Waals surface area contributed by atoms with Gasteiger partial charge in [-0.15, -0.1) is 0 Å². The minimum atomic E-state index is -0.605. The Kier molecular flexibility index (Phi) is 5.81. The predicted octanol–water partition coefficient (Wildman–Crippen LogP) is 3.00. The third kappa shape index (κ3) is 3.54. The van der Waals surface area contributed by atoms with Crippen molar-refractivity contribution in [3.63, 3.8) is 0 Å². The molecule has 3 atom stereocenters. The third-order valence-electron chi connectivity index (χ3n) is 6.31. The second-order valence-electron chi connectivity index (χ2n) is 7.77. The summed E-state index contributed by atoms with van der Waals surface area (Å²) in [4.78, 5) is 26.6. The van der Waals surface area contributed by atoms with Gasteiger partial charge in [0.05, 0.1) is 9.85 Å². The Balaban J connectivity index is 1.90. The van der Waals surface area contributed by atoms with Crippen LogP contribution in [0.1, 0.15) is 33.6 Å². The van der Waals surface area contributed by atoms with E-state index in [2.05, 4.69) is 23.6 Å². The summed E-state index contributed by atoms with van der Waals surface area (Å²) in [6, 6.07) is 0.0195. The predicted molar refractivity (Wildman–Crippen MR) is 107 cm³/mol. The van der Waals surface area contributed by atoms with Crippen molar-refractivity contribution < 1.29 is 9.85 Å². The van der Waals surface area contributed by atoms with Gasteiger partial charge in [-0.1, -0.05) is 26.8 Å². The molecule has 8 nitrogen and oxygen atoms in total. The Morgan fingerprint density at radius 2 is 1.89 bits per heavy atom. The summed E-state index contributed by atoms with van der Waals surface area (Å²) in [5.74, 6) is 0. The molecule has 1 saturated heterocycles. The first kappa shape index (κ1) is 20.4. The Hall–Kier alpha value is -2.32. The van der Waals surface area contributed by atoms with Crippen molar-refractivity contribution >= 4 is 0 Å². The largest absolute Gasteiger partial charge is 0.304 e. The number of allylic oxidation sites excluding steroid dienone is 2. The lowest BCUT2D eigenvalue weighted by molar-refractivity contribution is -0.420. The van der Waals surface area contributed by atoms with E-state index in [1.165, 1.54) is 0 Å². The van der Waals surface area contributed by atoms with Crippen LogP contribution in [0.15, 0.2) is 47.3 Å². The molecule has 1 fully saturated rings. The molecule has 3 unspecified atom stereocenters. The van der Waals surface area contributed by atoms with Crippen molar-refractivity contribution in [2.75, 3.05) is 26.2 Å². The zero-order valence-electron chi connectivity index (χ0n) is 16.7. The monoisotopic (exact) mass is 388 g/mol. The smallest absolute Gasteiger partial charge is 0.266 e. The van der Waals surface area contributed by atoms with E-state index < -0.39 is 5.41 Å². The number of rotatable bonds is 8. The van der Waals surface area contributed by atoms with Crippen LogP contribution in [0.25, 0.3) is 0 Å². The molecular weight excluding hydrogens is 360 g/mol. The minimum absolute atomic E-state index is 0.0244. The van der Waals surface area contributed by atoms with Crippen molar-refractivity contribution in [2.24, 2.45) is 5.41 Å². The molecule has 0 aromatic heterocycles. The lowest BCUT2D eigenvalue weighted by atomic mass is 9.73. The maximum atomic E-state index is 11.3. The maximum absolute atomic E-state index is 11.3. The molecule has 0 spiro atoms. The summed E-state index contributed by atoms with van der Waals surface area (Å²) < 4.78 is 0. The molecular formula is C20H28N4O4. The van der Waals surface area contributed by atoms with Gasteiger partial charge in [0.2, 0.25) is 0 Å².